The minimum Gasteiger partial charge on any atom is -0.497 e. The van der Waals surface area contributed by atoms with E-state index in [0.717, 1.165) is 11.5 Å². The van der Waals surface area contributed by atoms with Crippen LogP contribution >= 0.6 is 0 Å². The van der Waals surface area contributed by atoms with Crippen molar-refractivity contribution in [3.63, 3.8) is 0 Å². The van der Waals surface area contributed by atoms with Gasteiger partial charge in [0.1, 0.15) is 11.5 Å². The van der Waals surface area contributed by atoms with Gasteiger partial charge >= 0.3 is 0 Å². The van der Waals surface area contributed by atoms with Gasteiger partial charge in [-0.2, -0.15) is 0 Å². The molecule has 1 aliphatic rings. The fraction of sp³-hybridized carbons (Fsp3) is 0.389. The van der Waals surface area contributed by atoms with E-state index in [1.54, 1.807) is 13.4 Å². The van der Waals surface area contributed by atoms with Crippen LogP contribution in [0.3, 0.4) is 0 Å². The SMILES string of the molecule is COc1ccc(C(CC(=O)NCc2ccco2)C2CC2)cc1. The van der Waals surface area contributed by atoms with Crippen molar-refractivity contribution in [2.45, 2.75) is 31.7 Å². The number of carbonyl (C=O) groups is 1. The van der Waals surface area contributed by atoms with Gasteiger partial charge in [0, 0.05) is 6.42 Å². The Balaban J connectivity index is 1.60. The predicted molar refractivity (Wildman–Crippen MR) is 83.6 cm³/mol. The van der Waals surface area contributed by atoms with Gasteiger partial charge in [0.05, 0.1) is 19.9 Å². The minimum atomic E-state index is 0.0733. The summed E-state index contributed by atoms with van der Waals surface area (Å²) in [4.78, 5) is 12.2. The lowest BCUT2D eigenvalue weighted by atomic mass is 9.90. The summed E-state index contributed by atoms with van der Waals surface area (Å²) in [6.45, 7) is 0.450. The fourth-order valence-electron chi connectivity index (χ4n) is 2.78. The maximum absolute atomic E-state index is 12.2. The number of methoxy groups -OCH3 is 1. The summed E-state index contributed by atoms with van der Waals surface area (Å²) >= 11 is 0. The van der Waals surface area contributed by atoms with E-state index in [-0.39, 0.29) is 5.91 Å². The Morgan fingerprint density at radius 3 is 2.68 bits per heavy atom. The van der Waals surface area contributed by atoms with E-state index in [2.05, 4.69) is 17.4 Å². The van der Waals surface area contributed by atoms with Crippen LogP contribution in [-0.4, -0.2) is 13.0 Å². The second-order valence-electron chi connectivity index (χ2n) is 5.78. The Kier molecular flexibility index (Phi) is 4.47. The average molecular weight is 299 g/mol. The molecule has 0 aliphatic heterocycles. The summed E-state index contributed by atoms with van der Waals surface area (Å²) in [6, 6.07) is 11.8. The number of furan rings is 1. The van der Waals surface area contributed by atoms with Crippen molar-refractivity contribution in [3.05, 3.63) is 54.0 Å². The molecule has 22 heavy (non-hydrogen) atoms. The molecular formula is C18H21NO3. The Morgan fingerprint density at radius 1 is 1.32 bits per heavy atom. The second-order valence-corrected chi connectivity index (χ2v) is 5.78. The highest BCUT2D eigenvalue weighted by atomic mass is 16.5. The molecule has 0 radical (unpaired) electrons. The Hall–Kier alpha value is -2.23. The average Bonchev–Trinajstić information content (AvgIpc) is 3.26. The van der Waals surface area contributed by atoms with Crippen molar-refractivity contribution in [3.8, 4) is 5.75 Å². The molecular weight excluding hydrogens is 278 g/mol. The molecule has 1 aliphatic carbocycles. The molecule has 1 unspecified atom stereocenters. The van der Waals surface area contributed by atoms with Crippen LogP contribution in [-0.2, 0) is 11.3 Å². The van der Waals surface area contributed by atoms with Gasteiger partial charge in [-0.3, -0.25) is 4.79 Å². The molecule has 2 aromatic rings. The van der Waals surface area contributed by atoms with Crippen LogP contribution in [0.15, 0.2) is 47.1 Å². The standard InChI is InChI=1S/C18H21NO3/c1-21-15-8-6-14(7-9-15)17(13-4-5-13)11-18(20)19-12-16-3-2-10-22-16/h2-3,6-10,13,17H,4-5,11-12H2,1H3,(H,19,20). The summed E-state index contributed by atoms with van der Waals surface area (Å²) in [5, 5.41) is 2.93. The van der Waals surface area contributed by atoms with Gasteiger partial charge < -0.3 is 14.5 Å². The van der Waals surface area contributed by atoms with Crippen LogP contribution in [0.4, 0.5) is 0 Å². The molecule has 4 nitrogen and oxygen atoms in total. The van der Waals surface area contributed by atoms with E-state index in [1.807, 2.05) is 24.3 Å². The highest BCUT2D eigenvalue weighted by Crippen LogP contribution is 2.44. The zero-order valence-electron chi connectivity index (χ0n) is 12.7. The maximum atomic E-state index is 12.2. The predicted octanol–water partition coefficient (Wildman–Crippen LogP) is 3.49. The molecule has 1 amide bonds. The molecule has 1 fully saturated rings. The van der Waals surface area contributed by atoms with Gasteiger partial charge in [0.15, 0.2) is 0 Å². The van der Waals surface area contributed by atoms with E-state index in [0.29, 0.717) is 24.8 Å². The molecule has 0 saturated heterocycles. The summed E-state index contributed by atoms with van der Waals surface area (Å²) in [5.41, 5.74) is 1.22. The lowest BCUT2D eigenvalue weighted by molar-refractivity contribution is -0.121. The highest BCUT2D eigenvalue weighted by molar-refractivity contribution is 5.77. The minimum absolute atomic E-state index is 0.0733. The van der Waals surface area contributed by atoms with Gasteiger partial charge in [0.25, 0.3) is 0 Å². The molecule has 0 spiro atoms. The summed E-state index contributed by atoms with van der Waals surface area (Å²) in [5.74, 6) is 2.62. The van der Waals surface area contributed by atoms with E-state index in [9.17, 15) is 4.79 Å². The molecule has 1 aromatic heterocycles. The lowest BCUT2D eigenvalue weighted by Gasteiger charge is -2.17. The van der Waals surface area contributed by atoms with E-state index >= 15 is 0 Å². The van der Waals surface area contributed by atoms with Gasteiger partial charge in [0.2, 0.25) is 5.91 Å². The zero-order valence-corrected chi connectivity index (χ0v) is 12.7. The molecule has 1 heterocycles. The van der Waals surface area contributed by atoms with Crippen molar-refractivity contribution >= 4 is 5.91 Å². The summed E-state index contributed by atoms with van der Waals surface area (Å²) in [7, 11) is 1.66. The van der Waals surface area contributed by atoms with Crippen molar-refractivity contribution in [2.75, 3.05) is 7.11 Å². The van der Waals surface area contributed by atoms with Crippen LogP contribution in [0.2, 0.25) is 0 Å². The molecule has 0 bridgehead atoms. The first-order valence-electron chi connectivity index (χ1n) is 7.69. The fourth-order valence-corrected chi connectivity index (χ4v) is 2.78. The monoisotopic (exact) mass is 299 g/mol. The number of ether oxygens (including phenoxy) is 1. The normalized spacial score (nSPS) is 15.3. The number of hydrogen-bond donors (Lipinski definition) is 1. The van der Waals surface area contributed by atoms with Gasteiger partial charge in [-0.05, 0) is 54.5 Å². The molecule has 1 N–H and O–H groups in total. The van der Waals surface area contributed by atoms with Crippen molar-refractivity contribution in [1.29, 1.82) is 0 Å². The zero-order chi connectivity index (χ0) is 15.4. The third-order valence-corrected chi connectivity index (χ3v) is 4.18. The number of benzene rings is 1. The number of nitrogens with one attached hydrogen (secondary N) is 1. The molecule has 4 heteroatoms. The van der Waals surface area contributed by atoms with Gasteiger partial charge in [-0.15, -0.1) is 0 Å². The summed E-state index contributed by atoms with van der Waals surface area (Å²) in [6.07, 6.45) is 4.56. The van der Waals surface area contributed by atoms with E-state index in [4.69, 9.17) is 9.15 Å². The molecule has 3 rings (SSSR count). The first kappa shape index (κ1) is 14.7. The Morgan fingerprint density at radius 2 is 2.09 bits per heavy atom. The Labute approximate surface area is 130 Å². The van der Waals surface area contributed by atoms with Crippen molar-refractivity contribution in [2.24, 2.45) is 5.92 Å². The third kappa shape index (κ3) is 3.70. The van der Waals surface area contributed by atoms with E-state index < -0.39 is 0 Å². The first-order valence-corrected chi connectivity index (χ1v) is 7.69. The van der Waals surface area contributed by atoms with Crippen LogP contribution in [0.25, 0.3) is 0 Å². The second kappa shape index (κ2) is 6.69. The van der Waals surface area contributed by atoms with Gasteiger partial charge in [-0.25, -0.2) is 0 Å². The van der Waals surface area contributed by atoms with Crippen molar-refractivity contribution in [1.82, 2.24) is 5.32 Å². The molecule has 1 saturated carbocycles. The quantitative estimate of drug-likeness (QED) is 0.851. The lowest BCUT2D eigenvalue weighted by Crippen LogP contribution is -2.25. The van der Waals surface area contributed by atoms with Gasteiger partial charge in [-0.1, -0.05) is 12.1 Å². The van der Waals surface area contributed by atoms with Crippen LogP contribution in [0, 0.1) is 5.92 Å². The number of rotatable bonds is 7. The molecule has 1 atom stereocenters. The van der Waals surface area contributed by atoms with E-state index in [1.165, 1.54) is 18.4 Å². The number of hydrogen-bond acceptors (Lipinski definition) is 3. The smallest absolute Gasteiger partial charge is 0.220 e. The number of carbonyl (C=O) groups excluding carboxylic acids is 1. The van der Waals surface area contributed by atoms with Crippen LogP contribution in [0.5, 0.6) is 5.75 Å². The maximum Gasteiger partial charge on any atom is 0.220 e. The van der Waals surface area contributed by atoms with Crippen LogP contribution < -0.4 is 10.1 Å². The third-order valence-electron chi connectivity index (χ3n) is 4.18. The summed E-state index contributed by atoms with van der Waals surface area (Å²) < 4.78 is 10.4. The molecule has 116 valence electrons. The molecule has 1 aromatic carbocycles. The topological polar surface area (TPSA) is 51.5 Å². The Bertz CT molecular complexity index is 600. The first-order chi connectivity index (χ1) is 10.8. The highest BCUT2D eigenvalue weighted by Gasteiger charge is 2.33. The van der Waals surface area contributed by atoms with Crippen LogP contribution in [0.1, 0.15) is 36.5 Å². The largest absolute Gasteiger partial charge is 0.497 e. The van der Waals surface area contributed by atoms with Crippen molar-refractivity contribution < 1.29 is 13.9 Å². The number of amides is 1.